The molecule has 0 aliphatic carbocycles. The molecule has 0 saturated carbocycles. The van der Waals surface area contributed by atoms with Gasteiger partial charge in [0.1, 0.15) is 0 Å². The number of rotatable bonds is 9. The smallest absolute Gasteiger partial charge is 0.346 e. The number of aromatic nitrogens is 4. The van der Waals surface area contributed by atoms with E-state index in [1.165, 1.54) is 24.5 Å². The highest BCUT2D eigenvalue weighted by molar-refractivity contribution is 7.84. The van der Waals surface area contributed by atoms with E-state index in [0.717, 1.165) is 4.68 Å². The molecule has 3 aromatic carbocycles. The molecular weight excluding hydrogens is 666 g/mol. The second-order valence-electron chi connectivity index (χ2n) is 11.8. The Morgan fingerprint density at radius 2 is 1.48 bits per heavy atom. The van der Waals surface area contributed by atoms with Gasteiger partial charge in [0.25, 0.3) is 11.8 Å². The first-order valence-electron chi connectivity index (χ1n) is 14.1. The van der Waals surface area contributed by atoms with Gasteiger partial charge in [-0.15, -0.1) is 0 Å². The number of amides is 2. The molecule has 1 aromatic heterocycles. The Hall–Kier alpha value is -4.80. The second-order valence-corrected chi connectivity index (χ2v) is 13.2. The van der Waals surface area contributed by atoms with Crippen molar-refractivity contribution in [3.05, 3.63) is 104 Å². The summed E-state index contributed by atoms with van der Waals surface area (Å²) >= 11 is 0. The number of tetrazole rings is 1. The molecule has 0 saturated heterocycles. The summed E-state index contributed by atoms with van der Waals surface area (Å²) in [5.74, 6) is -0.904. The van der Waals surface area contributed by atoms with Gasteiger partial charge < -0.3 is 10.6 Å². The first kappa shape index (κ1) is 36.0. The number of carbonyl (C=O) groups excluding carboxylic acids is 2. The average Bonchev–Trinajstić information content (AvgIpc) is 3.31. The molecule has 1 atom stereocenters. The van der Waals surface area contributed by atoms with E-state index in [-0.39, 0.29) is 29.5 Å². The lowest BCUT2D eigenvalue weighted by Gasteiger charge is -2.26. The maximum Gasteiger partial charge on any atom is 0.416 e. The fraction of sp³-hybridized carbons (Fsp3) is 0.323. The van der Waals surface area contributed by atoms with Crippen LogP contribution >= 0.6 is 0 Å². The van der Waals surface area contributed by atoms with Crippen molar-refractivity contribution in [3.63, 3.8) is 0 Å². The van der Waals surface area contributed by atoms with Gasteiger partial charge in [-0.25, -0.2) is 4.79 Å². The van der Waals surface area contributed by atoms with E-state index in [2.05, 4.69) is 21.1 Å². The fourth-order valence-corrected chi connectivity index (χ4v) is 6.08. The molecule has 0 spiro atoms. The van der Waals surface area contributed by atoms with Crippen LogP contribution < -0.4 is 16.3 Å². The van der Waals surface area contributed by atoms with Crippen molar-refractivity contribution in [1.82, 2.24) is 25.1 Å². The van der Waals surface area contributed by atoms with E-state index in [1.54, 1.807) is 45.9 Å². The minimum absolute atomic E-state index is 0.0604. The number of nitrogens with one attached hydrogen (secondary N) is 2. The zero-order valence-electron chi connectivity index (χ0n) is 26.2. The zero-order valence-corrected chi connectivity index (χ0v) is 27.0. The van der Waals surface area contributed by atoms with Crippen LogP contribution in [-0.4, -0.2) is 53.4 Å². The summed E-state index contributed by atoms with van der Waals surface area (Å²) in [6.07, 6.45) is -8.72. The first-order valence-corrected chi connectivity index (χ1v) is 15.8. The molecule has 256 valence electrons. The van der Waals surface area contributed by atoms with Gasteiger partial charge >= 0.3 is 18.0 Å². The quantitative estimate of drug-likeness (QED) is 0.230. The van der Waals surface area contributed by atoms with Crippen LogP contribution in [0.3, 0.4) is 0 Å². The molecule has 2 N–H and O–H groups in total. The Bertz CT molecular complexity index is 1930. The zero-order chi connectivity index (χ0) is 35.8. The van der Waals surface area contributed by atoms with Gasteiger partial charge in [-0.05, 0) is 85.1 Å². The van der Waals surface area contributed by atoms with Gasteiger partial charge in [0.15, 0.2) is 0 Å². The Labute approximate surface area is 272 Å². The van der Waals surface area contributed by atoms with Crippen LogP contribution in [0.25, 0.3) is 5.69 Å². The predicted octanol–water partition coefficient (Wildman–Crippen LogP) is 5.27. The monoisotopic (exact) mass is 696 g/mol. The maximum absolute atomic E-state index is 13.4. The van der Waals surface area contributed by atoms with E-state index < -0.39 is 63.0 Å². The highest BCUT2D eigenvalue weighted by Gasteiger charge is 2.37. The largest absolute Gasteiger partial charge is 0.416 e. The van der Waals surface area contributed by atoms with Gasteiger partial charge in [0, 0.05) is 34.0 Å². The fourth-order valence-electron chi connectivity index (χ4n) is 5.00. The molecule has 0 bridgehead atoms. The summed E-state index contributed by atoms with van der Waals surface area (Å²) < 4.78 is 92.7. The van der Waals surface area contributed by atoms with Gasteiger partial charge in [0.05, 0.1) is 34.5 Å². The summed E-state index contributed by atoms with van der Waals surface area (Å²) in [7, 11) is -1.18. The lowest BCUT2D eigenvalue weighted by molar-refractivity contribution is -0.143. The number of nitrogens with zero attached hydrogens (tertiary/aromatic N) is 4. The lowest BCUT2D eigenvalue weighted by atomic mass is 9.98. The van der Waals surface area contributed by atoms with E-state index in [4.69, 9.17) is 0 Å². The molecule has 4 aromatic rings. The summed E-state index contributed by atoms with van der Waals surface area (Å²) in [5.41, 5.74) is -3.78. The van der Waals surface area contributed by atoms with Crippen molar-refractivity contribution in [2.24, 2.45) is 0 Å². The van der Waals surface area contributed by atoms with Crippen LogP contribution in [0.4, 0.5) is 32.0 Å². The van der Waals surface area contributed by atoms with Crippen LogP contribution in [0.15, 0.2) is 59.4 Å². The summed E-state index contributed by atoms with van der Waals surface area (Å²) in [4.78, 5) is 39.5. The molecule has 1 unspecified atom stereocenters. The first-order chi connectivity index (χ1) is 22.2. The average molecular weight is 697 g/mol. The van der Waals surface area contributed by atoms with Crippen LogP contribution in [0.2, 0.25) is 0 Å². The number of hydrogen-bond donors (Lipinski definition) is 2. The Morgan fingerprint density at radius 1 is 0.854 bits per heavy atom. The van der Waals surface area contributed by atoms with Crippen molar-refractivity contribution in [2.75, 3.05) is 17.3 Å². The number of anilines is 1. The summed E-state index contributed by atoms with van der Waals surface area (Å²) in [6, 6.07) is 10.1. The van der Waals surface area contributed by atoms with Crippen LogP contribution in [0, 0.1) is 13.8 Å². The minimum atomic E-state index is -5.12. The Balaban J connectivity index is 1.56. The third kappa shape index (κ3) is 8.37. The molecule has 1 heterocycles. The molecule has 2 amide bonds. The number of alkyl halides is 6. The standard InChI is InChI=1S/C31H30F6N6O4S/c1-17-7-6-8-23(25(17)27(45)39-29(3,4)16-48(5)47)26(44)38-24-10-9-19(11-18(24)2)15-42-28(46)43(41-40-42)22-13-20(30(32,33)34)12-21(14-22)31(35,36)37/h6-14H,15-16H2,1-5H3,(H,38,44)(H,39,45). The third-order valence-corrected chi connectivity index (χ3v) is 8.22. The van der Waals surface area contributed by atoms with E-state index in [0.29, 0.717) is 39.2 Å². The number of hydrogen-bond acceptors (Lipinski definition) is 6. The van der Waals surface area contributed by atoms with Crippen molar-refractivity contribution in [3.8, 4) is 5.69 Å². The molecule has 48 heavy (non-hydrogen) atoms. The van der Waals surface area contributed by atoms with Gasteiger partial charge in [-0.2, -0.15) is 35.7 Å². The normalized spacial score (nSPS) is 12.9. The second kappa shape index (κ2) is 13.4. The lowest BCUT2D eigenvalue weighted by Crippen LogP contribution is -2.47. The number of benzene rings is 3. The summed E-state index contributed by atoms with van der Waals surface area (Å²) in [5, 5.41) is 12.7. The van der Waals surface area contributed by atoms with Crippen LogP contribution in [-0.2, 0) is 29.7 Å². The van der Waals surface area contributed by atoms with Gasteiger partial charge in [-0.1, -0.05) is 24.3 Å². The van der Waals surface area contributed by atoms with E-state index in [1.807, 2.05) is 0 Å². The highest BCUT2D eigenvalue weighted by Crippen LogP contribution is 2.36. The number of aryl methyl sites for hydroxylation is 2. The predicted molar refractivity (Wildman–Crippen MR) is 166 cm³/mol. The van der Waals surface area contributed by atoms with Crippen LogP contribution in [0.5, 0.6) is 0 Å². The Kier molecular flexibility index (Phi) is 10.0. The molecule has 10 nitrogen and oxygen atoms in total. The molecule has 0 radical (unpaired) electrons. The van der Waals surface area contributed by atoms with Crippen molar-refractivity contribution >= 4 is 28.3 Å². The number of carbonyl (C=O) groups is 2. The van der Waals surface area contributed by atoms with Gasteiger partial charge in [0.2, 0.25) is 0 Å². The van der Waals surface area contributed by atoms with Crippen molar-refractivity contribution in [1.29, 1.82) is 0 Å². The molecule has 0 aliphatic heterocycles. The molecule has 0 aliphatic rings. The SMILES string of the molecule is Cc1cc(Cn2nnn(-c3cc(C(F)(F)F)cc(C(F)(F)F)c3)c2=O)ccc1NC(=O)c1cccc(C)c1C(=O)NC(C)(C)CS(C)=O. The maximum atomic E-state index is 13.4. The Morgan fingerprint density at radius 3 is 2.04 bits per heavy atom. The molecule has 4 rings (SSSR count). The van der Waals surface area contributed by atoms with E-state index >= 15 is 0 Å². The molecule has 0 fully saturated rings. The van der Waals surface area contributed by atoms with Crippen LogP contribution in [0.1, 0.15) is 62.4 Å². The number of halogens is 6. The highest BCUT2D eigenvalue weighted by atomic mass is 32.2. The summed E-state index contributed by atoms with van der Waals surface area (Å²) in [6.45, 7) is 6.52. The van der Waals surface area contributed by atoms with Crippen molar-refractivity contribution in [2.45, 2.75) is 52.1 Å². The molecule has 17 heteroatoms. The topological polar surface area (TPSA) is 128 Å². The van der Waals surface area contributed by atoms with Crippen molar-refractivity contribution < 1.29 is 40.1 Å². The third-order valence-electron chi connectivity index (χ3n) is 7.09. The van der Waals surface area contributed by atoms with E-state index in [9.17, 15) is 44.9 Å². The molecular formula is C31H30F6N6O4S. The minimum Gasteiger partial charge on any atom is -0.346 e. The van der Waals surface area contributed by atoms with Gasteiger partial charge in [-0.3, -0.25) is 13.8 Å².